The third-order valence-electron chi connectivity index (χ3n) is 3.98. The molecule has 0 saturated heterocycles. The summed E-state index contributed by atoms with van der Waals surface area (Å²) in [5.41, 5.74) is 0.927. The fraction of sp³-hybridized carbons (Fsp3) is 0.438. The van der Waals surface area contributed by atoms with Crippen LogP contribution in [0.15, 0.2) is 18.2 Å². The molecule has 0 bridgehead atoms. The van der Waals surface area contributed by atoms with E-state index in [-0.39, 0.29) is 11.9 Å². The van der Waals surface area contributed by atoms with Gasteiger partial charge in [0, 0.05) is 31.0 Å². The first kappa shape index (κ1) is 14.7. The SMILES string of the molecule is CCc1nc2n(n1)C[C@H](NCc1ccc(C#N)cc1F)CC2. The second kappa shape index (κ2) is 6.24. The Morgan fingerprint density at radius 2 is 2.36 bits per heavy atom. The summed E-state index contributed by atoms with van der Waals surface area (Å²) in [7, 11) is 0. The van der Waals surface area contributed by atoms with Gasteiger partial charge in [0.2, 0.25) is 0 Å². The molecule has 0 saturated carbocycles. The van der Waals surface area contributed by atoms with Crippen molar-refractivity contribution in [3.63, 3.8) is 0 Å². The summed E-state index contributed by atoms with van der Waals surface area (Å²) in [6.45, 7) is 3.26. The normalized spacial score (nSPS) is 17.0. The van der Waals surface area contributed by atoms with E-state index in [1.54, 1.807) is 12.1 Å². The van der Waals surface area contributed by atoms with Gasteiger partial charge in [-0.3, -0.25) is 0 Å². The van der Waals surface area contributed by atoms with Crippen molar-refractivity contribution < 1.29 is 4.39 Å². The highest BCUT2D eigenvalue weighted by atomic mass is 19.1. The summed E-state index contributed by atoms with van der Waals surface area (Å²) >= 11 is 0. The third-order valence-corrected chi connectivity index (χ3v) is 3.98. The van der Waals surface area contributed by atoms with Crippen molar-refractivity contribution in [3.05, 3.63) is 46.8 Å². The highest BCUT2D eigenvalue weighted by molar-refractivity contribution is 5.32. The van der Waals surface area contributed by atoms with Crippen LogP contribution in [0.5, 0.6) is 0 Å². The number of aromatic nitrogens is 3. The van der Waals surface area contributed by atoms with Gasteiger partial charge in [-0.25, -0.2) is 14.1 Å². The van der Waals surface area contributed by atoms with Crippen LogP contribution in [-0.2, 0) is 25.9 Å². The van der Waals surface area contributed by atoms with Crippen molar-refractivity contribution in [2.24, 2.45) is 0 Å². The number of aryl methyl sites for hydroxylation is 2. The lowest BCUT2D eigenvalue weighted by Crippen LogP contribution is -2.37. The van der Waals surface area contributed by atoms with Crippen molar-refractivity contribution in [2.45, 2.75) is 45.3 Å². The molecule has 1 aromatic heterocycles. The number of benzene rings is 1. The van der Waals surface area contributed by atoms with Crippen LogP contribution in [0.2, 0.25) is 0 Å². The Morgan fingerprint density at radius 1 is 1.50 bits per heavy atom. The second-order valence-corrected chi connectivity index (χ2v) is 5.51. The van der Waals surface area contributed by atoms with Crippen LogP contribution in [0.4, 0.5) is 4.39 Å². The van der Waals surface area contributed by atoms with E-state index in [9.17, 15) is 4.39 Å². The van der Waals surface area contributed by atoms with Gasteiger partial charge in [-0.15, -0.1) is 0 Å². The molecule has 0 radical (unpaired) electrons. The predicted molar refractivity (Wildman–Crippen MR) is 79.5 cm³/mol. The molecule has 5 nitrogen and oxygen atoms in total. The maximum Gasteiger partial charge on any atom is 0.150 e. The zero-order valence-electron chi connectivity index (χ0n) is 12.5. The van der Waals surface area contributed by atoms with Crippen molar-refractivity contribution in [1.82, 2.24) is 20.1 Å². The highest BCUT2D eigenvalue weighted by Crippen LogP contribution is 2.15. The number of nitrogens with zero attached hydrogens (tertiary/aromatic N) is 4. The van der Waals surface area contributed by atoms with Gasteiger partial charge in [0.05, 0.1) is 18.2 Å². The van der Waals surface area contributed by atoms with Crippen LogP contribution < -0.4 is 5.32 Å². The Labute approximate surface area is 128 Å². The van der Waals surface area contributed by atoms with E-state index in [0.717, 1.165) is 37.5 Å². The van der Waals surface area contributed by atoms with E-state index in [2.05, 4.69) is 15.4 Å². The molecule has 1 aliphatic heterocycles. The Morgan fingerprint density at radius 3 is 3.09 bits per heavy atom. The Kier molecular flexibility index (Phi) is 4.16. The minimum Gasteiger partial charge on any atom is -0.308 e. The zero-order chi connectivity index (χ0) is 15.5. The van der Waals surface area contributed by atoms with E-state index in [4.69, 9.17) is 5.26 Å². The number of nitriles is 1. The lowest BCUT2D eigenvalue weighted by molar-refractivity contribution is 0.355. The maximum absolute atomic E-state index is 13.9. The molecular formula is C16H18FN5. The zero-order valence-corrected chi connectivity index (χ0v) is 12.5. The van der Waals surface area contributed by atoms with Crippen molar-refractivity contribution in [2.75, 3.05) is 0 Å². The fourth-order valence-corrected chi connectivity index (χ4v) is 2.69. The number of halogens is 1. The topological polar surface area (TPSA) is 66.5 Å². The monoisotopic (exact) mass is 299 g/mol. The Balaban J connectivity index is 1.62. The molecule has 0 spiro atoms. The van der Waals surface area contributed by atoms with Crippen molar-refractivity contribution in [1.29, 1.82) is 5.26 Å². The average molecular weight is 299 g/mol. The van der Waals surface area contributed by atoms with Gasteiger partial charge in [0.15, 0.2) is 5.82 Å². The van der Waals surface area contributed by atoms with Gasteiger partial charge < -0.3 is 5.32 Å². The molecule has 1 atom stereocenters. The molecule has 6 heteroatoms. The van der Waals surface area contributed by atoms with Gasteiger partial charge in [-0.2, -0.15) is 10.4 Å². The summed E-state index contributed by atoms with van der Waals surface area (Å²) in [5.74, 6) is 1.59. The fourth-order valence-electron chi connectivity index (χ4n) is 2.69. The van der Waals surface area contributed by atoms with Crippen molar-refractivity contribution >= 4 is 0 Å². The number of nitrogens with one attached hydrogen (secondary N) is 1. The van der Waals surface area contributed by atoms with Gasteiger partial charge in [-0.05, 0) is 18.6 Å². The summed E-state index contributed by atoms with van der Waals surface area (Å²) < 4.78 is 15.8. The predicted octanol–water partition coefficient (Wildman–Crippen LogP) is 1.96. The molecule has 2 aromatic rings. The molecule has 2 heterocycles. The first-order chi connectivity index (χ1) is 10.7. The number of hydrogen-bond donors (Lipinski definition) is 1. The molecule has 1 aromatic carbocycles. The summed E-state index contributed by atoms with van der Waals surface area (Å²) in [6.07, 6.45) is 2.70. The number of hydrogen-bond acceptors (Lipinski definition) is 4. The van der Waals surface area contributed by atoms with E-state index in [1.165, 1.54) is 6.07 Å². The van der Waals surface area contributed by atoms with Crippen LogP contribution in [0, 0.1) is 17.1 Å². The van der Waals surface area contributed by atoms with E-state index >= 15 is 0 Å². The smallest absolute Gasteiger partial charge is 0.150 e. The molecule has 22 heavy (non-hydrogen) atoms. The maximum atomic E-state index is 13.9. The van der Waals surface area contributed by atoms with Gasteiger partial charge in [-0.1, -0.05) is 13.0 Å². The largest absolute Gasteiger partial charge is 0.308 e. The standard InChI is InChI=1S/C16H18FN5/c1-2-15-20-16-6-5-13(10-22(16)21-15)19-9-12-4-3-11(8-18)7-14(12)17/h3-4,7,13,19H,2,5-6,9-10H2,1H3/t13-/m1/s1. The van der Waals surface area contributed by atoms with Gasteiger partial charge in [0.25, 0.3) is 0 Å². The quantitative estimate of drug-likeness (QED) is 0.937. The highest BCUT2D eigenvalue weighted by Gasteiger charge is 2.21. The summed E-state index contributed by atoms with van der Waals surface area (Å²) in [4.78, 5) is 4.49. The molecule has 3 rings (SSSR count). The molecule has 0 amide bonds. The van der Waals surface area contributed by atoms with Crippen molar-refractivity contribution in [3.8, 4) is 6.07 Å². The van der Waals surface area contributed by atoms with Gasteiger partial charge >= 0.3 is 0 Å². The Hall–Kier alpha value is -2.26. The van der Waals surface area contributed by atoms with E-state index in [1.807, 2.05) is 17.7 Å². The summed E-state index contributed by atoms with van der Waals surface area (Å²) in [6, 6.07) is 6.79. The van der Waals surface area contributed by atoms with Crippen LogP contribution in [-0.4, -0.2) is 20.8 Å². The first-order valence-corrected chi connectivity index (χ1v) is 7.54. The molecule has 0 fully saturated rings. The van der Waals surface area contributed by atoms with Crippen LogP contribution >= 0.6 is 0 Å². The van der Waals surface area contributed by atoms with Gasteiger partial charge in [0.1, 0.15) is 11.6 Å². The minimum atomic E-state index is -0.336. The molecule has 0 aliphatic carbocycles. The van der Waals surface area contributed by atoms with Crippen LogP contribution in [0.1, 0.15) is 36.1 Å². The average Bonchev–Trinajstić information content (AvgIpc) is 2.96. The lowest BCUT2D eigenvalue weighted by Gasteiger charge is -2.23. The molecule has 0 unspecified atom stereocenters. The van der Waals surface area contributed by atoms with Crippen LogP contribution in [0.3, 0.4) is 0 Å². The molecular weight excluding hydrogens is 281 g/mol. The molecule has 1 aliphatic rings. The first-order valence-electron chi connectivity index (χ1n) is 7.54. The lowest BCUT2D eigenvalue weighted by atomic mass is 10.1. The molecule has 1 N–H and O–H groups in total. The number of fused-ring (bicyclic) bond motifs is 1. The second-order valence-electron chi connectivity index (χ2n) is 5.51. The summed E-state index contributed by atoms with van der Waals surface area (Å²) in [5, 5.41) is 16.6. The minimum absolute atomic E-state index is 0.258. The van der Waals surface area contributed by atoms with E-state index < -0.39 is 0 Å². The Bertz CT molecular complexity index is 716. The van der Waals surface area contributed by atoms with Crippen LogP contribution in [0.25, 0.3) is 0 Å². The number of rotatable bonds is 4. The van der Waals surface area contributed by atoms with E-state index in [0.29, 0.717) is 17.7 Å². The molecule has 114 valence electrons. The third kappa shape index (κ3) is 3.00.